The van der Waals surface area contributed by atoms with Gasteiger partial charge in [-0.1, -0.05) is 32.8 Å². The van der Waals surface area contributed by atoms with Gasteiger partial charge in [-0.15, -0.1) is 0 Å². The van der Waals surface area contributed by atoms with E-state index in [1.54, 1.807) is 0 Å². The Balaban J connectivity index is 1.99. The summed E-state index contributed by atoms with van der Waals surface area (Å²) in [6, 6.07) is 0. The molecule has 0 fully saturated rings. The molecule has 0 bridgehead atoms. The van der Waals surface area contributed by atoms with Crippen LogP contribution in [-0.2, 0) is 0 Å². The average molecular weight is 306 g/mol. The molecule has 0 unspecified atom stereocenters. The Morgan fingerprint density at radius 3 is 2.48 bits per heavy atom. The molecule has 0 atom stereocenters. The molecule has 0 aromatic carbocycles. The molecule has 0 radical (unpaired) electrons. The van der Waals surface area contributed by atoms with Gasteiger partial charge in [0.2, 0.25) is 0 Å². The minimum absolute atomic E-state index is 0.141. The highest BCUT2D eigenvalue weighted by atomic mass is 19.4. The van der Waals surface area contributed by atoms with E-state index in [0.29, 0.717) is 19.0 Å². The lowest BCUT2D eigenvalue weighted by atomic mass is 10.1. The van der Waals surface area contributed by atoms with Crippen LogP contribution in [0.1, 0.15) is 46.0 Å². The fourth-order valence-corrected chi connectivity index (χ4v) is 2.50. The Bertz CT molecular complexity index is 311. The van der Waals surface area contributed by atoms with Gasteiger partial charge in [-0.05, 0) is 44.8 Å². The molecule has 2 nitrogen and oxygen atoms in total. The lowest BCUT2D eigenvalue weighted by molar-refractivity contribution is -0.0960. The van der Waals surface area contributed by atoms with Gasteiger partial charge in [0.25, 0.3) is 0 Å². The van der Waals surface area contributed by atoms with Crippen LogP contribution in [-0.4, -0.2) is 43.8 Å². The number of hydrogen-bond acceptors (Lipinski definition) is 2. The summed E-state index contributed by atoms with van der Waals surface area (Å²) in [6.45, 7) is 8.45. The Morgan fingerprint density at radius 2 is 1.90 bits per heavy atom. The third-order valence-electron chi connectivity index (χ3n) is 3.79. The Morgan fingerprint density at radius 1 is 1.19 bits per heavy atom. The molecule has 21 heavy (non-hydrogen) atoms. The Kier molecular flexibility index (Phi) is 8.34. The van der Waals surface area contributed by atoms with Crippen LogP contribution in [0.4, 0.5) is 13.2 Å². The summed E-state index contributed by atoms with van der Waals surface area (Å²) >= 11 is 0. The van der Waals surface area contributed by atoms with Gasteiger partial charge in [-0.3, -0.25) is 4.90 Å². The molecule has 0 aromatic rings. The second-order valence-electron chi connectivity index (χ2n) is 6.29. The van der Waals surface area contributed by atoms with Crippen molar-refractivity contribution in [3.8, 4) is 0 Å². The quantitative estimate of drug-likeness (QED) is 0.512. The lowest BCUT2D eigenvalue weighted by Crippen LogP contribution is -2.32. The maximum Gasteiger partial charge on any atom is 0.412 e. The first kappa shape index (κ1) is 18.5. The van der Waals surface area contributed by atoms with Crippen LogP contribution in [0.3, 0.4) is 0 Å². The standard InChI is InChI=1S/C16H29F3N2/c1-14(2)13-20-9-5-3-4-6-10-21-11-7-15(8-12-21)16(17,18)19/h7,14,20H,3-6,8-13H2,1-2H3. The summed E-state index contributed by atoms with van der Waals surface area (Å²) < 4.78 is 37.4. The van der Waals surface area contributed by atoms with E-state index in [4.69, 9.17) is 0 Å². The van der Waals surface area contributed by atoms with Crippen molar-refractivity contribution in [3.63, 3.8) is 0 Å². The normalized spacial score (nSPS) is 17.3. The van der Waals surface area contributed by atoms with Crippen molar-refractivity contribution in [3.05, 3.63) is 11.6 Å². The second-order valence-corrected chi connectivity index (χ2v) is 6.29. The first-order chi connectivity index (χ1) is 9.89. The van der Waals surface area contributed by atoms with Crippen molar-refractivity contribution in [1.82, 2.24) is 10.2 Å². The third-order valence-corrected chi connectivity index (χ3v) is 3.79. The SMILES string of the molecule is CC(C)CNCCCCCCN1CC=C(C(F)(F)F)CC1. The maximum atomic E-state index is 12.5. The summed E-state index contributed by atoms with van der Waals surface area (Å²) in [5.74, 6) is 0.693. The van der Waals surface area contributed by atoms with Gasteiger partial charge < -0.3 is 5.32 Å². The summed E-state index contributed by atoms with van der Waals surface area (Å²) in [4.78, 5) is 2.12. The second kappa shape index (κ2) is 9.46. The number of hydrogen-bond donors (Lipinski definition) is 1. The van der Waals surface area contributed by atoms with Crippen molar-refractivity contribution in [1.29, 1.82) is 0 Å². The minimum Gasteiger partial charge on any atom is -0.316 e. The topological polar surface area (TPSA) is 15.3 Å². The largest absolute Gasteiger partial charge is 0.412 e. The molecule has 0 amide bonds. The van der Waals surface area contributed by atoms with Crippen molar-refractivity contribution < 1.29 is 13.2 Å². The number of halogens is 3. The molecular weight excluding hydrogens is 277 g/mol. The van der Waals surface area contributed by atoms with Crippen molar-refractivity contribution >= 4 is 0 Å². The molecular formula is C16H29F3N2. The van der Waals surface area contributed by atoms with Gasteiger partial charge in [0, 0.05) is 18.7 Å². The van der Waals surface area contributed by atoms with Crippen LogP contribution >= 0.6 is 0 Å². The molecule has 1 N–H and O–H groups in total. The van der Waals surface area contributed by atoms with Crippen molar-refractivity contribution in [2.45, 2.75) is 52.1 Å². The summed E-state index contributed by atoms with van der Waals surface area (Å²) in [6.07, 6.45) is 1.99. The average Bonchev–Trinajstić information content (AvgIpc) is 2.41. The predicted octanol–water partition coefficient (Wildman–Crippen LogP) is 3.99. The molecule has 1 heterocycles. The van der Waals surface area contributed by atoms with E-state index >= 15 is 0 Å². The zero-order valence-corrected chi connectivity index (χ0v) is 13.3. The van der Waals surface area contributed by atoms with E-state index in [1.165, 1.54) is 18.9 Å². The molecule has 0 saturated heterocycles. The molecule has 1 aliphatic rings. The summed E-state index contributed by atoms with van der Waals surface area (Å²) in [5.41, 5.74) is -0.352. The zero-order chi connectivity index (χ0) is 15.7. The van der Waals surface area contributed by atoms with E-state index in [0.717, 1.165) is 32.5 Å². The monoisotopic (exact) mass is 306 g/mol. The van der Waals surface area contributed by atoms with E-state index < -0.39 is 6.18 Å². The summed E-state index contributed by atoms with van der Waals surface area (Å²) in [7, 11) is 0. The van der Waals surface area contributed by atoms with Crippen LogP contribution in [0.15, 0.2) is 11.6 Å². The van der Waals surface area contributed by atoms with E-state index in [1.807, 2.05) is 0 Å². The highest BCUT2D eigenvalue weighted by Crippen LogP contribution is 2.30. The van der Waals surface area contributed by atoms with E-state index in [9.17, 15) is 13.2 Å². The molecule has 5 heteroatoms. The zero-order valence-electron chi connectivity index (χ0n) is 13.3. The van der Waals surface area contributed by atoms with Crippen LogP contribution in [0.2, 0.25) is 0 Å². The molecule has 124 valence electrons. The first-order valence-corrected chi connectivity index (χ1v) is 8.09. The fraction of sp³-hybridized carbons (Fsp3) is 0.875. The van der Waals surface area contributed by atoms with Crippen LogP contribution in [0.5, 0.6) is 0 Å². The molecule has 1 aliphatic heterocycles. The molecule has 0 aromatic heterocycles. The number of unbranched alkanes of at least 4 members (excludes halogenated alkanes) is 3. The number of nitrogens with zero attached hydrogens (tertiary/aromatic N) is 1. The summed E-state index contributed by atoms with van der Waals surface area (Å²) in [5, 5.41) is 3.42. The third kappa shape index (κ3) is 8.47. The van der Waals surface area contributed by atoms with Gasteiger partial charge in [0.15, 0.2) is 0 Å². The maximum absolute atomic E-state index is 12.5. The van der Waals surface area contributed by atoms with Crippen LogP contribution in [0, 0.1) is 5.92 Å². The van der Waals surface area contributed by atoms with Gasteiger partial charge in [-0.2, -0.15) is 13.2 Å². The van der Waals surface area contributed by atoms with Crippen molar-refractivity contribution in [2.75, 3.05) is 32.7 Å². The number of rotatable bonds is 9. The van der Waals surface area contributed by atoms with Gasteiger partial charge in [0.05, 0.1) is 0 Å². The van der Waals surface area contributed by atoms with Gasteiger partial charge in [-0.25, -0.2) is 0 Å². The molecule has 1 rings (SSSR count). The number of alkyl halides is 3. The van der Waals surface area contributed by atoms with Gasteiger partial charge in [0.1, 0.15) is 0 Å². The van der Waals surface area contributed by atoms with Gasteiger partial charge >= 0.3 is 6.18 Å². The minimum atomic E-state index is -4.13. The fourth-order valence-electron chi connectivity index (χ4n) is 2.50. The van der Waals surface area contributed by atoms with Crippen LogP contribution in [0.25, 0.3) is 0 Å². The molecule has 0 aliphatic carbocycles. The Labute approximate surface area is 126 Å². The number of nitrogens with one attached hydrogen (secondary N) is 1. The van der Waals surface area contributed by atoms with E-state index in [-0.39, 0.29) is 12.0 Å². The Hall–Kier alpha value is -0.550. The first-order valence-electron chi connectivity index (χ1n) is 8.09. The van der Waals surface area contributed by atoms with E-state index in [2.05, 4.69) is 24.1 Å². The molecule has 0 spiro atoms. The van der Waals surface area contributed by atoms with Crippen molar-refractivity contribution in [2.24, 2.45) is 5.92 Å². The highest BCUT2D eigenvalue weighted by molar-refractivity contribution is 5.12. The lowest BCUT2D eigenvalue weighted by Gasteiger charge is -2.27. The predicted molar refractivity (Wildman–Crippen MR) is 81.4 cm³/mol. The molecule has 0 saturated carbocycles. The smallest absolute Gasteiger partial charge is 0.316 e. The van der Waals surface area contributed by atoms with Crippen LogP contribution < -0.4 is 5.32 Å². The highest BCUT2D eigenvalue weighted by Gasteiger charge is 2.34.